The summed E-state index contributed by atoms with van der Waals surface area (Å²) in [6.07, 6.45) is 1.06. The van der Waals surface area contributed by atoms with Crippen LogP contribution in [0.1, 0.15) is 12.0 Å². The minimum atomic E-state index is 0.169. The summed E-state index contributed by atoms with van der Waals surface area (Å²) in [5.74, 6) is 0.587. The Hall–Kier alpha value is -0.970. The van der Waals surface area contributed by atoms with E-state index in [-0.39, 0.29) is 5.75 Å². The van der Waals surface area contributed by atoms with Gasteiger partial charge < -0.3 is 20.1 Å². The van der Waals surface area contributed by atoms with E-state index in [4.69, 9.17) is 16.3 Å². The van der Waals surface area contributed by atoms with Gasteiger partial charge in [-0.25, -0.2) is 0 Å². The van der Waals surface area contributed by atoms with Gasteiger partial charge in [-0.3, -0.25) is 0 Å². The Labute approximate surface area is 114 Å². The fourth-order valence-corrected chi connectivity index (χ4v) is 2.03. The smallest absolute Gasteiger partial charge is 0.162 e. The lowest BCUT2D eigenvalue weighted by atomic mass is 10.1. The van der Waals surface area contributed by atoms with E-state index in [1.165, 1.54) is 7.11 Å². The maximum atomic E-state index is 10.0. The number of rotatable bonds is 7. The highest BCUT2D eigenvalue weighted by atomic mass is 35.5. The average Bonchev–Trinajstić information content (AvgIpc) is 2.33. The number of hydrogen-bond donors (Lipinski definition) is 2. The minimum Gasteiger partial charge on any atom is -0.504 e. The minimum absolute atomic E-state index is 0.169. The van der Waals surface area contributed by atoms with Gasteiger partial charge in [-0.15, -0.1) is 0 Å². The molecule has 0 amide bonds. The largest absolute Gasteiger partial charge is 0.504 e. The Morgan fingerprint density at radius 1 is 1.44 bits per heavy atom. The van der Waals surface area contributed by atoms with Crippen LogP contribution in [0.25, 0.3) is 0 Å². The molecule has 1 aromatic carbocycles. The first-order valence-electron chi connectivity index (χ1n) is 5.97. The second kappa shape index (κ2) is 7.46. The summed E-state index contributed by atoms with van der Waals surface area (Å²) in [5, 5.41) is 13.7. The molecule has 1 aromatic rings. The molecule has 0 fully saturated rings. The van der Waals surface area contributed by atoms with Crippen molar-refractivity contribution >= 4 is 11.6 Å². The number of aromatic hydroxyl groups is 1. The third-order valence-corrected chi connectivity index (χ3v) is 2.96. The van der Waals surface area contributed by atoms with Crippen molar-refractivity contribution in [1.29, 1.82) is 0 Å². The summed E-state index contributed by atoms with van der Waals surface area (Å²) in [4.78, 5) is 2.14. The van der Waals surface area contributed by atoms with Crippen molar-refractivity contribution in [2.75, 3.05) is 34.3 Å². The number of methoxy groups -OCH3 is 1. The van der Waals surface area contributed by atoms with Crippen molar-refractivity contribution < 1.29 is 9.84 Å². The highest BCUT2D eigenvalue weighted by Crippen LogP contribution is 2.33. The fraction of sp³-hybridized carbons (Fsp3) is 0.538. The van der Waals surface area contributed by atoms with Crippen LogP contribution in [0.5, 0.6) is 11.5 Å². The number of nitrogens with one attached hydrogen (secondary N) is 1. The molecule has 0 aromatic heterocycles. The van der Waals surface area contributed by atoms with Gasteiger partial charge in [0.15, 0.2) is 11.5 Å². The van der Waals surface area contributed by atoms with E-state index < -0.39 is 0 Å². The van der Waals surface area contributed by atoms with Gasteiger partial charge in [-0.1, -0.05) is 11.6 Å². The maximum absolute atomic E-state index is 10.0. The Morgan fingerprint density at radius 2 is 2.17 bits per heavy atom. The first-order chi connectivity index (χ1) is 8.58. The van der Waals surface area contributed by atoms with Gasteiger partial charge in [0.05, 0.1) is 7.11 Å². The number of phenolic OH excluding ortho intramolecular Hbond substituents is 1. The number of halogens is 1. The number of nitrogens with zero attached hydrogens (tertiary/aromatic N) is 1. The van der Waals surface area contributed by atoms with Crippen molar-refractivity contribution in [3.63, 3.8) is 0 Å². The van der Waals surface area contributed by atoms with Crippen LogP contribution in [0, 0.1) is 0 Å². The number of hydrogen-bond acceptors (Lipinski definition) is 4. The molecular formula is C13H21ClN2O2. The second-order valence-corrected chi connectivity index (χ2v) is 4.75. The van der Waals surface area contributed by atoms with Gasteiger partial charge in [0.25, 0.3) is 0 Å². The first kappa shape index (κ1) is 15.1. The van der Waals surface area contributed by atoms with Crippen molar-refractivity contribution in [3.05, 3.63) is 22.7 Å². The summed E-state index contributed by atoms with van der Waals surface area (Å²) >= 11 is 5.99. The summed E-state index contributed by atoms with van der Waals surface area (Å²) < 4.78 is 5.08. The Balaban J connectivity index is 2.68. The van der Waals surface area contributed by atoms with Crippen LogP contribution in [0.15, 0.2) is 12.1 Å². The van der Waals surface area contributed by atoms with Crippen molar-refractivity contribution in [2.24, 2.45) is 0 Å². The van der Waals surface area contributed by atoms with Gasteiger partial charge in [0.2, 0.25) is 0 Å². The fourth-order valence-electron chi connectivity index (χ4n) is 1.80. The van der Waals surface area contributed by atoms with Gasteiger partial charge >= 0.3 is 0 Å². The van der Waals surface area contributed by atoms with Gasteiger partial charge in [0.1, 0.15) is 0 Å². The molecule has 18 heavy (non-hydrogen) atoms. The van der Waals surface area contributed by atoms with Crippen molar-refractivity contribution in [2.45, 2.75) is 13.0 Å². The summed E-state index contributed by atoms with van der Waals surface area (Å²) in [6.45, 7) is 2.58. The predicted octanol–water partition coefficient (Wildman–Crippen LogP) is 2.10. The first-order valence-corrected chi connectivity index (χ1v) is 6.34. The van der Waals surface area contributed by atoms with E-state index in [2.05, 4.69) is 10.2 Å². The normalized spacial score (nSPS) is 10.9. The van der Waals surface area contributed by atoms with Crippen LogP contribution in [-0.4, -0.2) is 44.3 Å². The number of phenols is 1. The molecule has 0 aliphatic heterocycles. The lowest BCUT2D eigenvalue weighted by molar-refractivity contribution is 0.310. The molecule has 102 valence electrons. The molecule has 0 saturated carbocycles. The highest BCUT2D eigenvalue weighted by molar-refractivity contribution is 6.30. The Bertz CT molecular complexity index is 385. The molecule has 2 N–H and O–H groups in total. The molecule has 4 nitrogen and oxygen atoms in total. The Morgan fingerprint density at radius 3 is 2.78 bits per heavy atom. The van der Waals surface area contributed by atoms with Crippen LogP contribution in [0.2, 0.25) is 5.02 Å². The number of benzene rings is 1. The standard InChI is InChI=1S/C13H21ClN2O2/c1-15-5-4-6-16(2)9-10-7-11(14)8-12(18-3)13(10)17/h7-8,15,17H,4-6,9H2,1-3H3. The zero-order valence-electron chi connectivity index (χ0n) is 11.2. The third-order valence-electron chi connectivity index (χ3n) is 2.75. The van der Waals surface area contributed by atoms with Crippen molar-refractivity contribution in [1.82, 2.24) is 10.2 Å². The molecular weight excluding hydrogens is 252 g/mol. The molecule has 0 saturated heterocycles. The predicted molar refractivity (Wildman–Crippen MR) is 74.5 cm³/mol. The van der Waals surface area contributed by atoms with Crippen LogP contribution >= 0.6 is 11.6 Å². The van der Waals surface area contributed by atoms with Gasteiger partial charge in [-0.05, 0) is 39.7 Å². The molecule has 0 radical (unpaired) electrons. The molecule has 0 spiro atoms. The molecule has 5 heteroatoms. The van der Waals surface area contributed by atoms with E-state index in [0.29, 0.717) is 17.3 Å². The van der Waals surface area contributed by atoms with Gasteiger partial charge in [0, 0.05) is 23.2 Å². The highest BCUT2D eigenvalue weighted by Gasteiger charge is 2.11. The molecule has 0 heterocycles. The van der Waals surface area contributed by atoms with Crippen LogP contribution in [0.4, 0.5) is 0 Å². The number of ether oxygens (including phenoxy) is 1. The van der Waals surface area contributed by atoms with Crippen LogP contribution in [-0.2, 0) is 6.54 Å². The molecule has 0 aliphatic rings. The second-order valence-electron chi connectivity index (χ2n) is 4.31. The van der Waals surface area contributed by atoms with E-state index in [1.807, 2.05) is 14.1 Å². The molecule has 0 atom stereocenters. The molecule has 0 bridgehead atoms. The lowest BCUT2D eigenvalue weighted by Crippen LogP contribution is -2.22. The molecule has 0 aliphatic carbocycles. The van der Waals surface area contributed by atoms with E-state index in [1.54, 1.807) is 12.1 Å². The SMILES string of the molecule is CNCCCN(C)Cc1cc(Cl)cc(OC)c1O. The molecule has 0 unspecified atom stereocenters. The Kier molecular flexibility index (Phi) is 6.25. The van der Waals surface area contributed by atoms with E-state index in [0.717, 1.165) is 25.1 Å². The zero-order valence-corrected chi connectivity index (χ0v) is 11.9. The maximum Gasteiger partial charge on any atom is 0.162 e. The lowest BCUT2D eigenvalue weighted by Gasteiger charge is -2.18. The quantitative estimate of drug-likeness (QED) is 0.746. The van der Waals surface area contributed by atoms with Crippen LogP contribution in [0.3, 0.4) is 0 Å². The third kappa shape index (κ3) is 4.37. The van der Waals surface area contributed by atoms with Crippen molar-refractivity contribution in [3.8, 4) is 11.5 Å². The summed E-state index contributed by atoms with van der Waals surface area (Å²) in [6, 6.07) is 3.38. The van der Waals surface area contributed by atoms with Crippen LogP contribution < -0.4 is 10.1 Å². The molecule has 1 rings (SSSR count). The van der Waals surface area contributed by atoms with Gasteiger partial charge in [-0.2, -0.15) is 0 Å². The monoisotopic (exact) mass is 272 g/mol. The zero-order chi connectivity index (χ0) is 13.5. The van der Waals surface area contributed by atoms with E-state index in [9.17, 15) is 5.11 Å². The topological polar surface area (TPSA) is 44.7 Å². The van der Waals surface area contributed by atoms with E-state index >= 15 is 0 Å². The average molecular weight is 273 g/mol. The summed E-state index contributed by atoms with van der Waals surface area (Å²) in [7, 11) is 5.47. The summed E-state index contributed by atoms with van der Waals surface area (Å²) in [5.41, 5.74) is 0.784.